The maximum absolute atomic E-state index is 10.2. The summed E-state index contributed by atoms with van der Waals surface area (Å²) in [5, 5.41) is 10.2. The van der Waals surface area contributed by atoms with E-state index in [1.807, 2.05) is 0 Å². The zero-order valence-corrected chi connectivity index (χ0v) is 12.9. The average Bonchev–Trinajstić information content (AvgIpc) is 2.41. The summed E-state index contributed by atoms with van der Waals surface area (Å²) in [7, 11) is 0. The second kappa shape index (κ2) is 9.14. The molecule has 1 N–H and O–H groups in total. The Morgan fingerprint density at radius 2 is 1.95 bits per heavy atom. The first kappa shape index (κ1) is 16.2. The number of aliphatic hydroxyl groups is 1. The van der Waals surface area contributed by atoms with Crippen molar-refractivity contribution in [1.82, 2.24) is 0 Å². The summed E-state index contributed by atoms with van der Waals surface area (Å²) >= 11 is 0. The minimum Gasteiger partial charge on any atom is -0.393 e. The summed E-state index contributed by atoms with van der Waals surface area (Å²) in [6, 6.07) is 8.61. The molecule has 2 unspecified atom stereocenters. The summed E-state index contributed by atoms with van der Waals surface area (Å²) in [6.07, 6.45) is 7.75. The molecule has 0 aliphatic carbocycles. The van der Waals surface area contributed by atoms with Crippen LogP contribution >= 0.6 is 0 Å². The van der Waals surface area contributed by atoms with Gasteiger partial charge in [-0.05, 0) is 37.7 Å². The second-order valence-corrected chi connectivity index (χ2v) is 5.83. The summed E-state index contributed by atoms with van der Waals surface area (Å²) in [5.41, 5.74) is 2.65. The van der Waals surface area contributed by atoms with Crippen molar-refractivity contribution in [1.29, 1.82) is 0 Å². The van der Waals surface area contributed by atoms with E-state index in [1.54, 1.807) is 0 Å². The van der Waals surface area contributed by atoms with Crippen molar-refractivity contribution in [2.45, 2.75) is 71.8 Å². The molecule has 0 fully saturated rings. The van der Waals surface area contributed by atoms with Crippen LogP contribution in [-0.4, -0.2) is 11.2 Å². The lowest BCUT2D eigenvalue weighted by atomic mass is 9.91. The topological polar surface area (TPSA) is 20.2 Å². The fourth-order valence-electron chi connectivity index (χ4n) is 2.68. The molecule has 19 heavy (non-hydrogen) atoms. The van der Waals surface area contributed by atoms with Gasteiger partial charge < -0.3 is 5.11 Å². The van der Waals surface area contributed by atoms with Crippen molar-refractivity contribution in [3.63, 3.8) is 0 Å². The first-order valence-electron chi connectivity index (χ1n) is 7.89. The van der Waals surface area contributed by atoms with Crippen LogP contribution in [-0.2, 0) is 6.42 Å². The molecular formula is C18H30O. The van der Waals surface area contributed by atoms with E-state index in [0.29, 0.717) is 5.92 Å². The van der Waals surface area contributed by atoms with Crippen molar-refractivity contribution in [3.8, 4) is 0 Å². The van der Waals surface area contributed by atoms with E-state index >= 15 is 0 Å². The van der Waals surface area contributed by atoms with Crippen molar-refractivity contribution >= 4 is 0 Å². The smallest absolute Gasteiger partial charge is 0.0546 e. The predicted molar refractivity (Wildman–Crippen MR) is 83.4 cm³/mol. The monoisotopic (exact) mass is 262 g/mol. The molecule has 0 saturated heterocycles. The fourth-order valence-corrected chi connectivity index (χ4v) is 2.68. The SMILES string of the molecule is CCCCC(CC)CC(O)CCc1cccc(C)c1. The highest BCUT2D eigenvalue weighted by molar-refractivity contribution is 5.22. The standard InChI is InChI=1S/C18H30O/c1-4-6-9-16(5-2)14-18(19)12-11-17-10-7-8-15(3)13-17/h7-8,10,13,16,18-19H,4-6,9,11-12,14H2,1-3H3. The van der Waals surface area contributed by atoms with Crippen LogP contribution in [0.4, 0.5) is 0 Å². The van der Waals surface area contributed by atoms with Crippen LogP contribution in [0.3, 0.4) is 0 Å². The molecule has 0 amide bonds. The van der Waals surface area contributed by atoms with Gasteiger partial charge in [0.2, 0.25) is 0 Å². The van der Waals surface area contributed by atoms with Crippen LogP contribution in [0.1, 0.15) is 63.5 Å². The highest BCUT2D eigenvalue weighted by Crippen LogP contribution is 2.20. The first-order chi connectivity index (χ1) is 9.15. The van der Waals surface area contributed by atoms with Gasteiger partial charge in [-0.15, -0.1) is 0 Å². The molecule has 0 aliphatic heterocycles. The van der Waals surface area contributed by atoms with Crippen molar-refractivity contribution < 1.29 is 5.11 Å². The number of hydrogen-bond acceptors (Lipinski definition) is 1. The van der Waals surface area contributed by atoms with Gasteiger partial charge in [0.25, 0.3) is 0 Å². The minimum atomic E-state index is -0.137. The van der Waals surface area contributed by atoms with Crippen molar-refractivity contribution in [3.05, 3.63) is 35.4 Å². The molecule has 1 aromatic carbocycles. The van der Waals surface area contributed by atoms with E-state index in [4.69, 9.17) is 0 Å². The van der Waals surface area contributed by atoms with Gasteiger partial charge in [0, 0.05) is 0 Å². The number of unbranched alkanes of at least 4 members (excludes halogenated alkanes) is 1. The fraction of sp³-hybridized carbons (Fsp3) is 0.667. The molecule has 1 nitrogen and oxygen atoms in total. The maximum Gasteiger partial charge on any atom is 0.0546 e. The quantitative estimate of drug-likeness (QED) is 0.671. The predicted octanol–water partition coefficient (Wildman–Crippen LogP) is 4.90. The molecule has 1 aromatic rings. The Morgan fingerprint density at radius 3 is 2.58 bits per heavy atom. The molecule has 1 rings (SSSR count). The third kappa shape index (κ3) is 6.77. The van der Waals surface area contributed by atoms with Crippen molar-refractivity contribution in [2.75, 3.05) is 0 Å². The molecule has 0 aromatic heterocycles. The summed E-state index contributed by atoms with van der Waals surface area (Å²) in [4.78, 5) is 0. The Morgan fingerprint density at radius 1 is 1.16 bits per heavy atom. The Kier molecular flexibility index (Phi) is 7.81. The van der Waals surface area contributed by atoms with Crippen LogP contribution in [0.2, 0.25) is 0 Å². The van der Waals surface area contributed by atoms with E-state index in [9.17, 15) is 5.11 Å². The molecule has 2 atom stereocenters. The third-order valence-electron chi connectivity index (χ3n) is 4.00. The van der Waals surface area contributed by atoms with Gasteiger partial charge in [-0.2, -0.15) is 0 Å². The Hall–Kier alpha value is -0.820. The normalized spacial score (nSPS) is 14.3. The van der Waals surface area contributed by atoms with E-state index in [0.717, 1.165) is 19.3 Å². The average molecular weight is 262 g/mol. The van der Waals surface area contributed by atoms with Gasteiger partial charge in [0.1, 0.15) is 0 Å². The molecular weight excluding hydrogens is 232 g/mol. The highest BCUT2D eigenvalue weighted by atomic mass is 16.3. The Balaban J connectivity index is 2.32. The van der Waals surface area contributed by atoms with Crippen LogP contribution in [0.5, 0.6) is 0 Å². The highest BCUT2D eigenvalue weighted by Gasteiger charge is 2.12. The molecule has 0 aliphatic rings. The van der Waals surface area contributed by atoms with Gasteiger partial charge >= 0.3 is 0 Å². The van der Waals surface area contributed by atoms with Gasteiger partial charge in [0.05, 0.1) is 6.10 Å². The lowest BCUT2D eigenvalue weighted by Gasteiger charge is -2.18. The minimum absolute atomic E-state index is 0.137. The number of hydrogen-bond donors (Lipinski definition) is 1. The molecule has 1 heteroatoms. The van der Waals surface area contributed by atoms with Crippen molar-refractivity contribution in [2.24, 2.45) is 5.92 Å². The van der Waals surface area contributed by atoms with Gasteiger partial charge in [-0.25, -0.2) is 0 Å². The first-order valence-corrected chi connectivity index (χ1v) is 7.89. The zero-order valence-electron chi connectivity index (χ0n) is 12.9. The van der Waals surface area contributed by atoms with E-state index in [2.05, 4.69) is 45.0 Å². The summed E-state index contributed by atoms with van der Waals surface area (Å²) in [6.45, 7) is 6.60. The molecule has 0 saturated carbocycles. The van der Waals surface area contributed by atoms with Crippen LogP contribution in [0.15, 0.2) is 24.3 Å². The number of aliphatic hydroxyl groups excluding tert-OH is 1. The molecule has 0 radical (unpaired) electrons. The summed E-state index contributed by atoms with van der Waals surface area (Å²) < 4.78 is 0. The zero-order chi connectivity index (χ0) is 14.1. The van der Waals surface area contributed by atoms with E-state index in [-0.39, 0.29) is 6.10 Å². The third-order valence-corrected chi connectivity index (χ3v) is 4.00. The molecule has 0 bridgehead atoms. The van der Waals surface area contributed by atoms with Gasteiger partial charge in [-0.1, -0.05) is 69.4 Å². The lowest BCUT2D eigenvalue weighted by Crippen LogP contribution is -2.14. The number of rotatable bonds is 9. The summed E-state index contributed by atoms with van der Waals surface area (Å²) in [5.74, 6) is 0.701. The molecule has 108 valence electrons. The van der Waals surface area contributed by atoms with Gasteiger partial charge in [-0.3, -0.25) is 0 Å². The lowest BCUT2D eigenvalue weighted by molar-refractivity contribution is 0.129. The van der Waals surface area contributed by atoms with E-state index < -0.39 is 0 Å². The number of aryl methyl sites for hydroxylation is 2. The largest absolute Gasteiger partial charge is 0.393 e. The molecule has 0 heterocycles. The Labute approximate surface area is 119 Å². The van der Waals surface area contributed by atoms with Gasteiger partial charge in [0.15, 0.2) is 0 Å². The Bertz CT molecular complexity index is 345. The number of benzene rings is 1. The van der Waals surface area contributed by atoms with E-state index in [1.165, 1.54) is 36.8 Å². The van der Waals surface area contributed by atoms with Crippen LogP contribution < -0.4 is 0 Å². The second-order valence-electron chi connectivity index (χ2n) is 5.83. The van der Waals surface area contributed by atoms with Crippen LogP contribution in [0, 0.1) is 12.8 Å². The van der Waals surface area contributed by atoms with Crippen LogP contribution in [0.25, 0.3) is 0 Å². The maximum atomic E-state index is 10.2. The molecule has 0 spiro atoms.